The molecule has 0 spiro atoms. The van der Waals surface area contributed by atoms with Gasteiger partial charge in [-0.1, -0.05) is 12.2 Å². The van der Waals surface area contributed by atoms with Crippen molar-refractivity contribution in [1.29, 1.82) is 0 Å². The molecule has 0 saturated carbocycles. The standard InChI is InChI=1S/C10H19NO2/c1-9(2)6-11-7-10(12-3)4-5-13-8-10/h11H,1,4-8H2,2-3H3. The zero-order valence-electron chi connectivity index (χ0n) is 8.56. The van der Waals surface area contributed by atoms with Gasteiger partial charge in [0.25, 0.3) is 0 Å². The van der Waals surface area contributed by atoms with Crippen molar-refractivity contribution in [2.75, 3.05) is 33.4 Å². The third-order valence-electron chi connectivity index (χ3n) is 2.37. The fourth-order valence-electron chi connectivity index (χ4n) is 1.46. The molecule has 1 aliphatic heterocycles. The summed E-state index contributed by atoms with van der Waals surface area (Å²) in [5.41, 5.74) is 1.04. The van der Waals surface area contributed by atoms with Crippen LogP contribution in [0.3, 0.4) is 0 Å². The molecule has 76 valence electrons. The van der Waals surface area contributed by atoms with E-state index in [1.807, 2.05) is 6.92 Å². The number of hydrogen-bond donors (Lipinski definition) is 1. The molecule has 0 radical (unpaired) electrons. The van der Waals surface area contributed by atoms with E-state index in [0.29, 0.717) is 6.61 Å². The first kappa shape index (κ1) is 10.7. The van der Waals surface area contributed by atoms with Gasteiger partial charge >= 0.3 is 0 Å². The molecule has 0 amide bonds. The van der Waals surface area contributed by atoms with E-state index in [0.717, 1.165) is 31.7 Å². The molecule has 0 aliphatic carbocycles. The quantitative estimate of drug-likeness (QED) is 0.647. The Hall–Kier alpha value is -0.380. The summed E-state index contributed by atoms with van der Waals surface area (Å²) in [7, 11) is 1.75. The first-order valence-electron chi connectivity index (χ1n) is 4.66. The third-order valence-corrected chi connectivity index (χ3v) is 2.37. The highest BCUT2D eigenvalue weighted by Gasteiger charge is 2.34. The molecule has 1 N–H and O–H groups in total. The molecule has 1 unspecified atom stereocenters. The van der Waals surface area contributed by atoms with Gasteiger partial charge in [-0.15, -0.1) is 0 Å². The molecular weight excluding hydrogens is 166 g/mol. The van der Waals surface area contributed by atoms with Crippen LogP contribution in [0.15, 0.2) is 12.2 Å². The summed E-state index contributed by atoms with van der Waals surface area (Å²) >= 11 is 0. The van der Waals surface area contributed by atoms with Crippen LogP contribution in [0.2, 0.25) is 0 Å². The molecule has 0 bridgehead atoms. The summed E-state index contributed by atoms with van der Waals surface area (Å²) in [5.74, 6) is 0. The summed E-state index contributed by atoms with van der Waals surface area (Å²) in [6.07, 6.45) is 0.979. The molecule has 0 aromatic carbocycles. The van der Waals surface area contributed by atoms with Crippen LogP contribution in [-0.2, 0) is 9.47 Å². The van der Waals surface area contributed by atoms with E-state index < -0.39 is 0 Å². The molecule has 0 aromatic heterocycles. The SMILES string of the molecule is C=C(C)CNCC1(OC)CCOC1. The molecule has 1 aliphatic rings. The second-order valence-electron chi connectivity index (χ2n) is 3.75. The number of methoxy groups -OCH3 is 1. The van der Waals surface area contributed by atoms with Gasteiger partial charge in [-0.25, -0.2) is 0 Å². The van der Waals surface area contributed by atoms with Crippen LogP contribution < -0.4 is 5.32 Å². The van der Waals surface area contributed by atoms with Crippen molar-refractivity contribution in [1.82, 2.24) is 5.32 Å². The van der Waals surface area contributed by atoms with E-state index in [1.54, 1.807) is 7.11 Å². The van der Waals surface area contributed by atoms with Crippen molar-refractivity contribution >= 4 is 0 Å². The molecule has 13 heavy (non-hydrogen) atoms. The van der Waals surface area contributed by atoms with Crippen LogP contribution in [0.25, 0.3) is 0 Å². The lowest BCUT2D eigenvalue weighted by Gasteiger charge is -2.26. The predicted octanol–water partition coefficient (Wildman–Crippen LogP) is 0.958. The van der Waals surface area contributed by atoms with Crippen LogP contribution in [0, 0.1) is 0 Å². The Balaban J connectivity index is 2.27. The lowest BCUT2D eigenvalue weighted by Crippen LogP contribution is -2.43. The van der Waals surface area contributed by atoms with Crippen molar-refractivity contribution in [2.24, 2.45) is 0 Å². The highest BCUT2D eigenvalue weighted by Crippen LogP contribution is 2.21. The van der Waals surface area contributed by atoms with Crippen molar-refractivity contribution < 1.29 is 9.47 Å². The van der Waals surface area contributed by atoms with E-state index in [4.69, 9.17) is 9.47 Å². The van der Waals surface area contributed by atoms with E-state index >= 15 is 0 Å². The first-order valence-corrected chi connectivity index (χ1v) is 4.66. The number of ether oxygens (including phenoxy) is 2. The Morgan fingerprint density at radius 3 is 2.92 bits per heavy atom. The van der Waals surface area contributed by atoms with Gasteiger partial charge in [-0.2, -0.15) is 0 Å². The normalized spacial score (nSPS) is 27.8. The molecule has 1 fully saturated rings. The molecule has 0 aromatic rings. The first-order chi connectivity index (χ1) is 6.18. The molecule has 1 atom stereocenters. The number of nitrogens with one attached hydrogen (secondary N) is 1. The maximum absolute atomic E-state index is 5.46. The van der Waals surface area contributed by atoms with Gasteiger partial charge in [0.15, 0.2) is 0 Å². The fraction of sp³-hybridized carbons (Fsp3) is 0.800. The molecule has 3 nitrogen and oxygen atoms in total. The minimum absolute atomic E-state index is 0.102. The summed E-state index contributed by atoms with van der Waals surface area (Å²) in [5, 5.41) is 3.31. The van der Waals surface area contributed by atoms with E-state index in [2.05, 4.69) is 11.9 Å². The highest BCUT2D eigenvalue weighted by molar-refractivity contribution is 4.93. The predicted molar refractivity (Wildman–Crippen MR) is 52.9 cm³/mol. The zero-order chi connectivity index (χ0) is 9.73. The molecule has 3 heteroatoms. The molecule has 1 heterocycles. The fourth-order valence-corrected chi connectivity index (χ4v) is 1.46. The Morgan fingerprint density at radius 1 is 1.69 bits per heavy atom. The molecule has 1 saturated heterocycles. The van der Waals surface area contributed by atoms with Gasteiger partial charge in [-0.05, 0) is 6.92 Å². The Labute approximate surface area is 80.1 Å². The van der Waals surface area contributed by atoms with Gasteiger partial charge in [0.1, 0.15) is 5.60 Å². The third kappa shape index (κ3) is 3.10. The average Bonchev–Trinajstić information content (AvgIpc) is 2.53. The average molecular weight is 185 g/mol. The van der Waals surface area contributed by atoms with Gasteiger partial charge in [0, 0.05) is 33.2 Å². The molecular formula is C10H19NO2. The lowest BCUT2D eigenvalue weighted by atomic mass is 10.0. The maximum Gasteiger partial charge on any atom is 0.106 e. The minimum Gasteiger partial charge on any atom is -0.378 e. The van der Waals surface area contributed by atoms with Gasteiger partial charge in [0.2, 0.25) is 0 Å². The Kier molecular flexibility index (Phi) is 3.90. The largest absolute Gasteiger partial charge is 0.378 e. The monoisotopic (exact) mass is 185 g/mol. The van der Waals surface area contributed by atoms with Gasteiger partial charge in [-0.3, -0.25) is 0 Å². The lowest BCUT2D eigenvalue weighted by molar-refractivity contribution is -0.0151. The zero-order valence-corrected chi connectivity index (χ0v) is 8.56. The van der Waals surface area contributed by atoms with Crippen LogP contribution in [-0.4, -0.2) is 39.0 Å². The second kappa shape index (κ2) is 4.74. The van der Waals surface area contributed by atoms with Crippen molar-refractivity contribution in [2.45, 2.75) is 18.9 Å². The number of hydrogen-bond acceptors (Lipinski definition) is 3. The minimum atomic E-state index is -0.102. The summed E-state index contributed by atoms with van der Waals surface area (Å²) in [4.78, 5) is 0. The van der Waals surface area contributed by atoms with Crippen molar-refractivity contribution in [3.8, 4) is 0 Å². The molecule has 1 rings (SSSR count). The smallest absolute Gasteiger partial charge is 0.106 e. The van der Waals surface area contributed by atoms with Crippen LogP contribution in [0.4, 0.5) is 0 Å². The maximum atomic E-state index is 5.46. The summed E-state index contributed by atoms with van der Waals surface area (Å²) < 4.78 is 10.8. The topological polar surface area (TPSA) is 30.5 Å². The summed E-state index contributed by atoms with van der Waals surface area (Å²) in [6.45, 7) is 9.05. The number of rotatable bonds is 5. The Morgan fingerprint density at radius 2 is 2.46 bits per heavy atom. The van der Waals surface area contributed by atoms with Gasteiger partial charge in [0.05, 0.1) is 6.61 Å². The van der Waals surface area contributed by atoms with Gasteiger partial charge < -0.3 is 14.8 Å². The van der Waals surface area contributed by atoms with E-state index in [9.17, 15) is 0 Å². The van der Waals surface area contributed by atoms with Crippen molar-refractivity contribution in [3.05, 3.63) is 12.2 Å². The van der Waals surface area contributed by atoms with Crippen LogP contribution in [0.1, 0.15) is 13.3 Å². The Bertz CT molecular complexity index is 174. The highest BCUT2D eigenvalue weighted by atomic mass is 16.5. The van der Waals surface area contributed by atoms with Crippen molar-refractivity contribution in [3.63, 3.8) is 0 Å². The summed E-state index contributed by atoms with van der Waals surface area (Å²) in [6, 6.07) is 0. The van der Waals surface area contributed by atoms with Crippen LogP contribution >= 0.6 is 0 Å². The van der Waals surface area contributed by atoms with E-state index in [-0.39, 0.29) is 5.60 Å². The van der Waals surface area contributed by atoms with E-state index in [1.165, 1.54) is 0 Å². The van der Waals surface area contributed by atoms with Crippen LogP contribution in [0.5, 0.6) is 0 Å². The second-order valence-corrected chi connectivity index (χ2v) is 3.75.